The summed E-state index contributed by atoms with van der Waals surface area (Å²) >= 11 is 0. The van der Waals surface area contributed by atoms with Crippen molar-refractivity contribution in [2.45, 2.75) is 33.7 Å². The second-order valence-corrected chi connectivity index (χ2v) is 5.15. The topological polar surface area (TPSA) is 58.3 Å². The fourth-order valence-corrected chi connectivity index (χ4v) is 2.13. The number of aromatic nitrogens is 2. The quantitative estimate of drug-likeness (QED) is 0.806. The van der Waals surface area contributed by atoms with Gasteiger partial charge in [-0.1, -0.05) is 0 Å². The number of hydrogen-bond acceptors (Lipinski definition) is 5. The van der Waals surface area contributed by atoms with E-state index in [2.05, 4.69) is 47.9 Å². The lowest BCUT2D eigenvalue weighted by Gasteiger charge is -2.25. The lowest BCUT2D eigenvalue weighted by Crippen LogP contribution is -2.30. The molecular formula is C14H27N5. The van der Waals surface area contributed by atoms with Crippen molar-refractivity contribution in [2.75, 3.05) is 38.6 Å². The van der Waals surface area contributed by atoms with Gasteiger partial charge < -0.3 is 15.5 Å². The second kappa shape index (κ2) is 7.40. The van der Waals surface area contributed by atoms with Gasteiger partial charge in [-0.25, -0.2) is 0 Å². The standard InChI is InChI=1S/C14H27N5/c1-6-19(9-7-8-18(4)5)14-13(10-15)11(2)12(3)16-17-14/h6-10,15H2,1-5H3. The Hall–Kier alpha value is -1.20. The molecule has 0 aliphatic heterocycles. The fourth-order valence-electron chi connectivity index (χ4n) is 2.13. The third kappa shape index (κ3) is 4.14. The summed E-state index contributed by atoms with van der Waals surface area (Å²) in [6, 6.07) is 0. The first-order valence-corrected chi connectivity index (χ1v) is 6.93. The summed E-state index contributed by atoms with van der Waals surface area (Å²) in [6.07, 6.45) is 1.11. The SMILES string of the molecule is CCN(CCCN(C)C)c1nnc(C)c(C)c1CN. The first-order valence-electron chi connectivity index (χ1n) is 6.93. The van der Waals surface area contributed by atoms with E-state index in [4.69, 9.17) is 5.73 Å². The number of hydrogen-bond donors (Lipinski definition) is 1. The molecule has 1 aromatic rings. The van der Waals surface area contributed by atoms with Crippen LogP contribution in [0.4, 0.5) is 5.82 Å². The van der Waals surface area contributed by atoms with Gasteiger partial charge in [0.25, 0.3) is 0 Å². The molecular weight excluding hydrogens is 238 g/mol. The van der Waals surface area contributed by atoms with Gasteiger partial charge in [-0.15, -0.1) is 5.10 Å². The van der Waals surface area contributed by atoms with Crippen LogP contribution in [-0.2, 0) is 6.54 Å². The number of anilines is 1. The average molecular weight is 265 g/mol. The molecule has 108 valence electrons. The van der Waals surface area contributed by atoms with Gasteiger partial charge in [-0.3, -0.25) is 0 Å². The summed E-state index contributed by atoms with van der Waals surface area (Å²) in [7, 11) is 4.19. The lowest BCUT2D eigenvalue weighted by molar-refractivity contribution is 0.400. The molecule has 0 spiro atoms. The van der Waals surface area contributed by atoms with Gasteiger partial charge in [-0.2, -0.15) is 5.10 Å². The van der Waals surface area contributed by atoms with E-state index in [0.717, 1.165) is 43.1 Å². The molecule has 2 N–H and O–H groups in total. The van der Waals surface area contributed by atoms with E-state index in [-0.39, 0.29) is 0 Å². The molecule has 0 bridgehead atoms. The van der Waals surface area contributed by atoms with E-state index in [1.165, 1.54) is 5.56 Å². The first-order chi connectivity index (χ1) is 9.01. The van der Waals surface area contributed by atoms with Crippen LogP contribution < -0.4 is 10.6 Å². The second-order valence-electron chi connectivity index (χ2n) is 5.15. The zero-order chi connectivity index (χ0) is 14.4. The minimum absolute atomic E-state index is 0.516. The smallest absolute Gasteiger partial charge is 0.156 e. The molecule has 5 heteroatoms. The van der Waals surface area contributed by atoms with Crippen LogP contribution in [0.2, 0.25) is 0 Å². The maximum absolute atomic E-state index is 5.89. The Bertz CT molecular complexity index is 403. The Labute approximate surface area is 116 Å². The van der Waals surface area contributed by atoms with Crippen LogP contribution in [0, 0.1) is 13.8 Å². The molecule has 0 aromatic carbocycles. The summed E-state index contributed by atoms with van der Waals surface area (Å²) in [5.74, 6) is 0.951. The number of aryl methyl sites for hydroxylation is 1. The highest BCUT2D eigenvalue weighted by Gasteiger charge is 2.15. The molecule has 0 fully saturated rings. The third-order valence-corrected chi connectivity index (χ3v) is 3.48. The summed E-state index contributed by atoms with van der Waals surface area (Å²) in [6.45, 7) is 9.70. The maximum Gasteiger partial charge on any atom is 0.156 e. The van der Waals surface area contributed by atoms with Gasteiger partial charge in [0.1, 0.15) is 0 Å². The molecule has 0 saturated heterocycles. The normalized spacial score (nSPS) is 11.1. The Balaban J connectivity index is 2.89. The minimum Gasteiger partial charge on any atom is -0.355 e. The minimum atomic E-state index is 0.516. The monoisotopic (exact) mass is 265 g/mol. The number of rotatable bonds is 7. The Morgan fingerprint density at radius 3 is 2.32 bits per heavy atom. The molecule has 0 amide bonds. The molecule has 19 heavy (non-hydrogen) atoms. The summed E-state index contributed by atoms with van der Waals surface area (Å²) in [5.41, 5.74) is 9.14. The first kappa shape index (κ1) is 15.9. The van der Waals surface area contributed by atoms with Crippen molar-refractivity contribution in [1.29, 1.82) is 0 Å². The van der Waals surface area contributed by atoms with E-state index >= 15 is 0 Å². The average Bonchev–Trinajstić information content (AvgIpc) is 2.38. The van der Waals surface area contributed by atoms with Crippen LogP contribution in [0.1, 0.15) is 30.2 Å². The van der Waals surface area contributed by atoms with Crippen molar-refractivity contribution in [3.8, 4) is 0 Å². The fraction of sp³-hybridized carbons (Fsp3) is 0.714. The predicted octanol–water partition coefficient (Wildman–Crippen LogP) is 1.33. The van der Waals surface area contributed by atoms with Crippen molar-refractivity contribution in [2.24, 2.45) is 5.73 Å². The maximum atomic E-state index is 5.89. The highest BCUT2D eigenvalue weighted by Crippen LogP contribution is 2.21. The van der Waals surface area contributed by atoms with Gasteiger partial charge in [-0.05, 0) is 53.4 Å². The zero-order valence-corrected chi connectivity index (χ0v) is 12.9. The van der Waals surface area contributed by atoms with Crippen molar-refractivity contribution in [1.82, 2.24) is 15.1 Å². The summed E-state index contributed by atoms with van der Waals surface area (Å²) in [4.78, 5) is 4.47. The summed E-state index contributed by atoms with van der Waals surface area (Å²) in [5, 5.41) is 8.60. The third-order valence-electron chi connectivity index (χ3n) is 3.48. The Kier molecular flexibility index (Phi) is 6.18. The van der Waals surface area contributed by atoms with E-state index < -0.39 is 0 Å². The largest absolute Gasteiger partial charge is 0.355 e. The Morgan fingerprint density at radius 1 is 1.11 bits per heavy atom. The van der Waals surface area contributed by atoms with Gasteiger partial charge >= 0.3 is 0 Å². The van der Waals surface area contributed by atoms with E-state index in [9.17, 15) is 0 Å². The highest BCUT2D eigenvalue weighted by atomic mass is 15.3. The van der Waals surface area contributed by atoms with Gasteiger partial charge in [0.2, 0.25) is 0 Å². The number of nitrogens with zero attached hydrogens (tertiary/aromatic N) is 4. The van der Waals surface area contributed by atoms with Crippen LogP contribution in [-0.4, -0.2) is 48.8 Å². The molecule has 1 rings (SSSR count). The predicted molar refractivity (Wildman–Crippen MR) is 80.5 cm³/mol. The number of nitrogens with two attached hydrogens (primary N) is 1. The molecule has 0 aliphatic rings. The van der Waals surface area contributed by atoms with Crippen LogP contribution in [0.15, 0.2) is 0 Å². The molecule has 0 radical (unpaired) electrons. The van der Waals surface area contributed by atoms with Crippen molar-refractivity contribution in [3.05, 3.63) is 16.8 Å². The molecule has 0 atom stereocenters. The Morgan fingerprint density at radius 2 is 1.79 bits per heavy atom. The van der Waals surface area contributed by atoms with Crippen LogP contribution in [0.25, 0.3) is 0 Å². The molecule has 1 heterocycles. The van der Waals surface area contributed by atoms with Gasteiger partial charge in [0.15, 0.2) is 5.82 Å². The van der Waals surface area contributed by atoms with Crippen molar-refractivity contribution < 1.29 is 0 Å². The van der Waals surface area contributed by atoms with Crippen LogP contribution in [0.5, 0.6) is 0 Å². The van der Waals surface area contributed by atoms with Crippen LogP contribution >= 0.6 is 0 Å². The molecule has 0 unspecified atom stereocenters. The zero-order valence-electron chi connectivity index (χ0n) is 12.9. The van der Waals surface area contributed by atoms with Gasteiger partial charge in [0, 0.05) is 25.2 Å². The van der Waals surface area contributed by atoms with Crippen molar-refractivity contribution >= 4 is 5.82 Å². The van der Waals surface area contributed by atoms with E-state index in [0.29, 0.717) is 6.54 Å². The van der Waals surface area contributed by atoms with E-state index in [1.54, 1.807) is 0 Å². The van der Waals surface area contributed by atoms with Gasteiger partial charge in [0.05, 0.1) is 5.69 Å². The van der Waals surface area contributed by atoms with Crippen LogP contribution in [0.3, 0.4) is 0 Å². The molecule has 0 saturated carbocycles. The van der Waals surface area contributed by atoms with Crippen molar-refractivity contribution in [3.63, 3.8) is 0 Å². The molecule has 5 nitrogen and oxygen atoms in total. The van der Waals surface area contributed by atoms with E-state index in [1.807, 2.05) is 6.92 Å². The molecule has 0 aliphatic carbocycles. The summed E-state index contributed by atoms with van der Waals surface area (Å²) < 4.78 is 0. The highest BCUT2D eigenvalue weighted by molar-refractivity contribution is 5.50. The lowest BCUT2D eigenvalue weighted by atomic mass is 10.1. The molecule has 1 aromatic heterocycles.